The van der Waals surface area contributed by atoms with Gasteiger partial charge in [0.25, 0.3) is 0 Å². The van der Waals surface area contributed by atoms with Crippen LogP contribution in [0, 0.1) is 11.8 Å². The summed E-state index contributed by atoms with van der Waals surface area (Å²) in [6, 6.07) is 5.49. The first-order valence-corrected chi connectivity index (χ1v) is 10.8. The summed E-state index contributed by atoms with van der Waals surface area (Å²) in [5.74, 6) is -0.166. The van der Waals surface area contributed by atoms with Gasteiger partial charge in [0, 0.05) is 18.7 Å². The Morgan fingerprint density at radius 1 is 1.29 bits per heavy atom. The van der Waals surface area contributed by atoms with Crippen molar-refractivity contribution in [2.45, 2.75) is 31.3 Å². The van der Waals surface area contributed by atoms with Crippen molar-refractivity contribution in [3.05, 3.63) is 28.2 Å². The topological polar surface area (TPSA) is 92.7 Å². The van der Waals surface area contributed by atoms with Gasteiger partial charge in [0.1, 0.15) is 5.69 Å². The number of aromatic nitrogens is 1. The Balaban J connectivity index is 1.49. The van der Waals surface area contributed by atoms with E-state index in [9.17, 15) is 9.59 Å². The number of fused-ring (bicyclic) bond motifs is 3. The van der Waals surface area contributed by atoms with Gasteiger partial charge in [0.15, 0.2) is 5.76 Å². The van der Waals surface area contributed by atoms with E-state index >= 15 is 0 Å². The van der Waals surface area contributed by atoms with Crippen molar-refractivity contribution in [1.29, 1.82) is 0 Å². The first-order chi connectivity index (χ1) is 13.6. The van der Waals surface area contributed by atoms with Crippen LogP contribution in [0.25, 0.3) is 10.6 Å². The Morgan fingerprint density at radius 3 is 2.86 bits per heavy atom. The van der Waals surface area contributed by atoms with Crippen LogP contribution in [-0.4, -0.2) is 52.4 Å². The normalized spacial score (nSPS) is 29.7. The van der Waals surface area contributed by atoms with Gasteiger partial charge in [0.2, 0.25) is 11.8 Å². The number of hydrogen-bond donors (Lipinski definition) is 1. The number of carbonyl (C=O) groups excluding carboxylic acids is 2. The number of nitrogens with zero attached hydrogens (tertiary/aromatic N) is 3. The van der Waals surface area contributed by atoms with Crippen molar-refractivity contribution in [1.82, 2.24) is 15.0 Å². The molecule has 2 aromatic heterocycles. The molecule has 2 aromatic rings. The van der Waals surface area contributed by atoms with Crippen LogP contribution in [0.5, 0.6) is 0 Å². The third kappa shape index (κ3) is 2.66. The predicted octanol–water partition coefficient (Wildman–Crippen LogP) is 2.53. The lowest BCUT2D eigenvalue weighted by molar-refractivity contribution is -0.141. The summed E-state index contributed by atoms with van der Waals surface area (Å²) in [5.41, 5.74) is 6.31. The Morgan fingerprint density at radius 2 is 2.11 bits per heavy atom. The number of imide groups is 1. The van der Waals surface area contributed by atoms with Crippen LogP contribution >= 0.6 is 22.9 Å². The van der Waals surface area contributed by atoms with E-state index in [1.165, 1.54) is 16.2 Å². The molecular weight excluding hydrogens is 400 g/mol. The Kier molecular flexibility index (Phi) is 4.54. The van der Waals surface area contributed by atoms with Gasteiger partial charge in [-0.1, -0.05) is 16.8 Å². The summed E-state index contributed by atoms with van der Waals surface area (Å²) < 4.78 is 6.26. The highest BCUT2D eigenvalue weighted by molar-refractivity contribution is 7.19. The molecule has 0 aliphatic carbocycles. The van der Waals surface area contributed by atoms with E-state index in [-0.39, 0.29) is 35.7 Å². The van der Waals surface area contributed by atoms with E-state index < -0.39 is 0 Å². The maximum Gasteiger partial charge on any atom is 0.235 e. The summed E-state index contributed by atoms with van der Waals surface area (Å²) in [5, 5.41) is 4.30. The summed E-state index contributed by atoms with van der Waals surface area (Å²) >= 11 is 7.46. The maximum absolute atomic E-state index is 13.2. The molecule has 2 amide bonds. The zero-order valence-corrected chi connectivity index (χ0v) is 16.8. The van der Waals surface area contributed by atoms with Gasteiger partial charge in [-0.15, -0.1) is 11.3 Å². The molecular formula is C19H21ClN4O3S. The van der Waals surface area contributed by atoms with Crippen LogP contribution in [0.1, 0.15) is 31.0 Å². The molecule has 3 aliphatic heterocycles. The Labute approximate surface area is 171 Å². The van der Waals surface area contributed by atoms with Crippen LogP contribution in [0.2, 0.25) is 4.34 Å². The first kappa shape index (κ1) is 18.3. The van der Waals surface area contributed by atoms with E-state index in [2.05, 4.69) is 10.1 Å². The number of carbonyl (C=O) groups is 2. The first-order valence-electron chi connectivity index (χ1n) is 9.63. The number of halogens is 1. The van der Waals surface area contributed by atoms with E-state index in [1.807, 2.05) is 18.2 Å². The van der Waals surface area contributed by atoms with Gasteiger partial charge in [0.05, 0.1) is 27.1 Å². The Bertz CT molecular complexity index is 928. The molecule has 0 saturated carbocycles. The highest BCUT2D eigenvalue weighted by atomic mass is 35.5. The molecule has 3 fully saturated rings. The van der Waals surface area contributed by atoms with Crippen LogP contribution in [0.3, 0.4) is 0 Å². The van der Waals surface area contributed by atoms with Gasteiger partial charge >= 0.3 is 0 Å². The molecule has 0 aromatic carbocycles. The second-order valence-electron chi connectivity index (χ2n) is 7.63. The molecule has 0 unspecified atom stereocenters. The number of nitrogens with two attached hydrogens (primary N) is 1. The van der Waals surface area contributed by atoms with E-state index in [4.69, 9.17) is 21.9 Å². The monoisotopic (exact) mass is 420 g/mol. The SMILES string of the molecule is NCCCN1C(=O)[C@@H]2[C@H](C1=O)[C@H]1CCCN1[C@@H]2c1cc(-c2ccc(Cl)s2)on1. The molecule has 5 rings (SSSR count). The standard InChI is InChI=1S/C19H21ClN4O3S/c20-14-5-4-13(28-14)12-9-10(22-27-12)17-16-15(11-3-1-7-23(11)17)18(25)24(19(16)26)8-2-6-21/h4-5,9,11,15-17H,1-3,6-8,21H2/t11-,15-,16-,17-/m1/s1. The fourth-order valence-corrected chi connectivity index (χ4v) is 6.07. The molecule has 7 nitrogen and oxygen atoms in total. The van der Waals surface area contributed by atoms with Gasteiger partial charge in [-0.3, -0.25) is 19.4 Å². The van der Waals surface area contributed by atoms with Crippen molar-refractivity contribution in [2.75, 3.05) is 19.6 Å². The lowest BCUT2D eigenvalue weighted by atomic mass is 9.86. The molecule has 0 spiro atoms. The maximum atomic E-state index is 13.2. The predicted molar refractivity (Wildman–Crippen MR) is 105 cm³/mol. The molecule has 3 aliphatic rings. The van der Waals surface area contributed by atoms with Crippen molar-refractivity contribution in [2.24, 2.45) is 17.6 Å². The van der Waals surface area contributed by atoms with E-state index in [1.54, 1.807) is 0 Å². The number of rotatable bonds is 5. The Hall–Kier alpha value is -1.74. The van der Waals surface area contributed by atoms with Crippen molar-refractivity contribution >= 4 is 34.8 Å². The van der Waals surface area contributed by atoms with Gasteiger partial charge in [-0.05, 0) is 44.5 Å². The minimum absolute atomic E-state index is 0.0448. The summed E-state index contributed by atoms with van der Waals surface area (Å²) in [4.78, 5) is 30.8. The molecule has 3 saturated heterocycles. The third-order valence-corrected chi connectivity index (χ3v) is 7.42. The summed E-state index contributed by atoms with van der Waals surface area (Å²) in [6.07, 6.45) is 2.59. The quantitative estimate of drug-likeness (QED) is 0.747. The van der Waals surface area contributed by atoms with E-state index in [0.29, 0.717) is 29.6 Å². The largest absolute Gasteiger partial charge is 0.355 e. The summed E-state index contributed by atoms with van der Waals surface area (Å²) in [7, 11) is 0. The number of amides is 2. The van der Waals surface area contributed by atoms with Gasteiger partial charge in [-0.25, -0.2) is 0 Å². The number of likely N-dealkylation sites (tertiary alicyclic amines) is 1. The lowest BCUT2D eigenvalue weighted by Gasteiger charge is -2.26. The average Bonchev–Trinajstić information content (AvgIpc) is 3.45. The van der Waals surface area contributed by atoms with Gasteiger partial charge < -0.3 is 10.3 Å². The van der Waals surface area contributed by atoms with Crippen molar-refractivity contribution in [3.8, 4) is 10.6 Å². The van der Waals surface area contributed by atoms with Crippen molar-refractivity contribution in [3.63, 3.8) is 0 Å². The van der Waals surface area contributed by atoms with E-state index in [0.717, 1.165) is 30.0 Å². The van der Waals surface area contributed by atoms with Crippen LogP contribution in [0.4, 0.5) is 0 Å². The minimum atomic E-state index is -0.388. The van der Waals surface area contributed by atoms with Crippen molar-refractivity contribution < 1.29 is 14.1 Å². The highest BCUT2D eigenvalue weighted by Gasteiger charge is 2.63. The molecule has 28 heavy (non-hydrogen) atoms. The molecule has 9 heteroatoms. The molecule has 0 bridgehead atoms. The fourth-order valence-electron chi connectivity index (χ4n) is 5.08. The smallest absolute Gasteiger partial charge is 0.235 e. The van der Waals surface area contributed by atoms with Crippen LogP contribution < -0.4 is 5.73 Å². The third-order valence-electron chi connectivity index (χ3n) is 6.18. The molecule has 4 atom stereocenters. The second-order valence-corrected chi connectivity index (χ2v) is 9.35. The van der Waals surface area contributed by atoms with Crippen LogP contribution in [0.15, 0.2) is 22.7 Å². The lowest BCUT2D eigenvalue weighted by Crippen LogP contribution is -2.40. The zero-order chi connectivity index (χ0) is 19.4. The number of hydrogen-bond acceptors (Lipinski definition) is 7. The molecule has 148 valence electrons. The average molecular weight is 421 g/mol. The van der Waals surface area contributed by atoms with Gasteiger partial charge in [-0.2, -0.15) is 0 Å². The summed E-state index contributed by atoms with van der Waals surface area (Å²) in [6.45, 7) is 1.73. The fraction of sp³-hybridized carbons (Fsp3) is 0.526. The molecule has 5 heterocycles. The number of thiophene rings is 1. The zero-order valence-electron chi connectivity index (χ0n) is 15.2. The van der Waals surface area contributed by atoms with Crippen LogP contribution in [-0.2, 0) is 9.59 Å². The minimum Gasteiger partial charge on any atom is -0.355 e. The molecule has 0 radical (unpaired) electrons. The second kappa shape index (κ2) is 6.95. The molecule has 2 N–H and O–H groups in total. The highest BCUT2D eigenvalue weighted by Crippen LogP contribution is 2.53.